The summed E-state index contributed by atoms with van der Waals surface area (Å²) in [6.07, 6.45) is 3.09. The Morgan fingerprint density at radius 3 is 2.39 bits per heavy atom. The van der Waals surface area contributed by atoms with Gasteiger partial charge in [0, 0.05) is 30.3 Å². The van der Waals surface area contributed by atoms with E-state index in [2.05, 4.69) is 15.3 Å². The summed E-state index contributed by atoms with van der Waals surface area (Å²) >= 11 is 0. The Hall–Kier alpha value is -3.41. The number of nitrogens with one attached hydrogen (secondary N) is 1. The number of rotatable bonds is 7. The molecule has 0 saturated heterocycles. The molecule has 6 heteroatoms. The van der Waals surface area contributed by atoms with Crippen molar-refractivity contribution in [2.24, 2.45) is 0 Å². The van der Waals surface area contributed by atoms with E-state index < -0.39 is 0 Å². The number of carbonyl (C=O) groups is 1. The molecule has 1 amide bonds. The van der Waals surface area contributed by atoms with E-state index >= 15 is 0 Å². The molecule has 3 aromatic rings. The van der Waals surface area contributed by atoms with Gasteiger partial charge in [-0.15, -0.1) is 0 Å². The summed E-state index contributed by atoms with van der Waals surface area (Å²) in [7, 11) is 0. The molecular formula is C22H24N4O2. The molecule has 28 heavy (non-hydrogen) atoms. The van der Waals surface area contributed by atoms with E-state index in [1.165, 1.54) is 0 Å². The number of aromatic nitrogens is 2. The number of hydrogen-bond donors (Lipinski definition) is 1. The molecular weight excluding hydrogens is 352 g/mol. The molecule has 0 fully saturated rings. The van der Waals surface area contributed by atoms with E-state index in [0.29, 0.717) is 24.7 Å². The molecule has 0 saturated carbocycles. The second-order valence-electron chi connectivity index (χ2n) is 6.27. The van der Waals surface area contributed by atoms with Gasteiger partial charge in [-0.05, 0) is 62.7 Å². The fraction of sp³-hybridized carbons (Fsp3) is 0.227. The predicted molar refractivity (Wildman–Crippen MR) is 111 cm³/mol. The first-order valence-electron chi connectivity index (χ1n) is 9.31. The molecule has 1 N–H and O–H groups in total. The van der Waals surface area contributed by atoms with Gasteiger partial charge in [-0.1, -0.05) is 12.1 Å². The molecule has 0 atom stereocenters. The maximum absolute atomic E-state index is 12.9. The zero-order valence-corrected chi connectivity index (χ0v) is 16.3. The highest BCUT2D eigenvalue weighted by molar-refractivity contribution is 6.05. The van der Waals surface area contributed by atoms with Crippen molar-refractivity contribution in [2.45, 2.75) is 20.8 Å². The van der Waals surface area contributed by atoms with Crippen LogP contribution in [-0.2, 0) is 0 Å². The van der Waals surface area contributed by atoms with Crippen LogP contribution in [0.25, 0.3) is 0 Å². The number of hydrogen-bond acceptors (Lipinski definition) is 5. The van der Waals surface area contributed by atoms with Crippen LogP contribution in [0.4, 0.5) is 17.3 Å². The smallest absolute Gasteiger partial charge is 0.261 e. The monoisotopic (exact) mass is 376 g/mol. The van der Waals surface area contributed by atoms with Crippen molar-refractivity contribution in [2.75, 3.05) is 23.4 Å². The average Bonchev–Trinajstić information content (AvgIpc) is 2.71. The Morgan fingerprint density at radius 1 is 1.07 bits per heavy atom. The Kier molecular flexibility index (Phi) is 6.22. The molecule has 3 rings (SSSR count). The first kappa shape index (κ1) is 19.4. The molecule has 0 aliphatic rings. The molecule has 0 aliphatic heterocycles. The normalized spacial score (nSPS) is 10.4. The van der Waals surface area contributed by atoms with E-state index in [1.54, 1.807) is 17.3 Å². The van der Waals surface area contributed by atoms with Crippen molar-refractivity contribution < 1.29 is 9.53 Å². The van der Waals surface area contributed by atoms with Gasteiger partial charge in [-0.25, -0.2) is 9.97 Å². The number of nitrogens with zero attached hydrogens (tertiary/aromatic N) is 3. The fourth-order valence-corrected chi connectivity index (χ4v) is 2.83. The standard InChI is InChI=1S/C22H24N4O2/c1-4-26(19-8-6-7-16(3)13-19)21(27)17-14-23-22(24-15-17)25-18-9-11-20(12-10-18)28-5-2/h6-15H,4-5H2,1-3H3,(H,23,24,25). The Labute approximate surface area is 165 Å². The van der Waals surface area contributed by atoms with Crippen LogP contribution in [-0.4, -0.2) is 29.0 Å². The van der Waals surface area contributed by atoms with Gasteiger partial charge in [-0.2, -0.15) is 0 Å². The van der Waals surface area contributed by atoms with Crippen LogP contribution in [0.1, 0.15) is 29.8 Å². The first-order valence-corrected chi connectivity index (χ1v) is 9.31. The van der Waals surface area contributed by atoms with Gasteiger partial charge >= 0.3 is 0 Å². The second kappa shape index (κ2) is 8.99. The van der Waals surface area contributed by atoms with Crippen LogP contribution in [0.15, 0.2) is 60.9 Å². The lowest BCUT2D eigenvalue weighted by Gasteiger charge is -2.21. The van der Waals surface area contributed by atoms with Gasteiger partial charge in [0.15, 0.2) is 0 Å². The number of benzene rings is 2. The van der Waals surface area contributed by atoms with Crippen molar-refractivity contribution in [1.29, 1.82) is 0 Å². The van der Waals surface area contributed by atoms with Crippen LogP contribution in [0.2, 0.25) is 0 Å². The quantitative estimate of drug-likeness (QED) is 0.653. The number of anilines is 3. The number of amides is 1. The lowest BCUT2D eigenvalue weighted by molar-refractivity contribution is 0.0987. The van der Waals surface area contributed by atoms with E-state index in [0.717, 1.165) is 22.7 Å². The van der Waals surface area contributed by atoms with Gasteiger partial charge < -0.3 is 15.0 Å². The molecule has 1 aromatic heterocycles. The highest BCUT2D eigenvalue weighted by Gasteiger charge is 2.17. The van der Waals surface area contributed by atoms with E-state index in [-0.39, 0.29) is 5.91 Å². The van der Waals surface area contributed by atoms with Crippen LogP contribution in [0, 0.1) is 6.92 Å². The minimum atomic E-state index is -0.124. The van der Waals surface area contributed by atoms with Gasteiger partial charge in [0.25, 0.3) is 5.91 Å². The van der Waals surface area contributed by atoms with Crippen molar-refractivity contribution in [3.8, 4) is 5.75 Å². The predicted octanol–water partition coefficient (Wildman–Crippen LogP) is 4.59. The summed E-state index contributed by atoms with van der Waals surface area (Å²) in [4.78, 5) is 23.1. The van der Waals surface area contributed by atoms with E-state index in [4.69, 9.17) is 4.74 Å². The van der Waals surface area contributed by atoms with E-state index in [9.17, 15) is 4.79 Å². The molecule has 0 bridgehead atoms. The number of aryl methyl sites for hydroxylation is 1. The summed E-state index contributed by atoms with van der Waals surface area (Å²) in [6.45, 7) is 7.09. The largest absolute Gasteiger partial charge is 0.494 e. The maximum atomic E-state index is 12.9. The van der Waals surface area contributed by atoms with Crippen LogP contribution in [0.5, 0.6) is 5.75 Å². The molecule has 0 spiro atoms. The fourth-order valence-electron chi connectivity index (χ4n) is 2.83. The van der Waals surface area contributed by atoms with Crippen molar-refractivity contribution in [3.05, 3.63) is 72.1 Å². The summed E-state index contributed by atoms with van der Waals surface area (Å²) in [5.41, 5.74) is 3.26. The number of ether oxygens (including phenoxy) is 1. The maximum Gasteiger partial charge on any atom is 0.261 e. The van der Waals surface area contributed by atoms with Gasteiger partial charge in [0.2, 0.25) is 5.95 Å². The molecule has 6 nitrogen and oxygen atoms in total. The third-order valence-electron chi connectivity index (χ3n) is 4.19. The van der Waals surface area contributed by atoms with Crippen molar-refractivity contribution >= 4 is 23.2 Å². The molecule has 0 aliphatic carbocycles. The molecule has 0 unspecified atom stereocenters. The minimum Gasteiger partial charge on any atom is -0.494 e. The van der Waals surface area contributed by atoms with Crippen molar-refractivity contribution in [1.82, 2.24) is 9.97 Å². The highest BCUT2D eigenvalue weighted by Crippen LogP contribution is 2.20. The zero-order chi connectivity index (χ0) is 19.9. The third kappa shape index (κ3) is 4.65. The number of carbonyl (C=O) groups excluding carboxylic acids is 1. The van der Waals surface area contributed by atoms with Crippen LogP contribution < -0.4 is 15.0 Å². The average molecular weight is 376 g/mol. The highest BCUT2D eigenvalue weighted by atomic mass is 16.5. The third-order valence-corrected chi connectivity index (χ3v) is 4.19. The summed E-state index contributed by atoms with van der Waals surface area (Å²) in [6, 6.07) is 15.4. The van der Waals surface area contributed by atoms with E-state index in [1.807, 2.05) is 69.3 Å². The SMILES string of the molecule is CCOc1ccc(Nc2ncc(C(=O)N(CC)c3cccc(C)c3)cn2)cc1. The van der Waals surface area contributed by atoms with Gasteiger partial charge in [-0.3, -0.25) is 4.79 Å². The Balaban J connectivity index is 1.71. The summed E-state index contributed by atoms with van der Waals surface area (Å²) < 4.78 is 5.43. The minimum absolute atomic E-state index is 0.124. The lowest BCUT2D eigenvalue weighted by Crippen LogP contribution is -2.30. The summed E-state index contributed by atoms with van der Waals surface area (Å²) in [5.74, 6) is 1.12. The molecule has 0 radical (unpaired) electrons. The van der Waals surface area contributed by atoms with Crippen LogP contribution >= 0.6 is 0 Å². The zero-order valence-electron chi connectivity index (χ0n) is 16.3. The lowest BCUT2D eigenvalue weighted by atomic mass is 10.2. The molecule has 144 valence electrons. The Morgan fingerprint density at radius 2 is 1.79 bits per heavy atom. The summed E-state index contributed by atoms with van der Waals surface area (Å²) in [5, 5.41) is 3.12. The molecule has 2 aromatic carbocycles. The van der Waals surface area contributed by atoms with Crippen molar-refractivity contribution in [3.63, 3.8) is 0 Å². The first-order chi connectivity index (χ1) is 13.6. The Bertz CT molecular complexity index is 924. The molecule has 1 heterocycles. The van der Waals surface area contributed by atoms with Crippen LogP contribution in [0.3, 0.4) is 0 Å². The van der Waals surface area contributed by atoms with Gasteiger partial charge in [0.1, 0.15) is 5.75 Å². The van der Waals surface area contributed by atoms with Gasteiger partial charge in [0.05, 0.1) is 12.2 Å². The topological polar surface area (TPSA) is 67.3 Å². The second-order valence-corrected chi connectivity index (χ2v) is 6.27.